The number of amides is 1. The summed E-state index contributed by atoms with van der Waals surface area (Å²) in [4.78, 5) is 20.8. The highest BCUT2D eigenvalue weighted by Crippen LogP contribution is 2.06. The van der Waals surface area contributed by atoms with Crippen molar-refractivity contribution < 1.29 is 14.7 Å². The van der Waals surface area contributed by atoms with Gasteiger partial charge in [-0.25, -0.2) is 0 Å². The van der Waals surface area contributed by atoms with Gasteiger partial charge in [-0.1, -0.05) is 0 Å². The monoisotopic (exact) mass is 225 g/mol. The molecule has 1 atom stereocenters. The molecule has 0 aliphatic rings. The third-order valence-electron chi connectivity index (χ3n) is 2.39. The highest BCUT2D eigenvalue weighted by Gasteiger charge is 2.12. The topological polar surface area (TPSA) is 84.2 Å². The minimum atomic E-state index is -0.859. The van der Waals surface area contributed by atoms with Crippen LogP contribution < -0.4 is 5.32 Å². The lowest BCUT2D eigenvalue weighted by atomic mass is 10.1. The number of hydrogen-bond donors (Lipinski definition) is 2. The van der Waals surface area contributed by atoms with Crippen molar-refractivity contribution in [3.8, 4) is 0 Å². The van der Waals surface area contributed by atoms with E-state index in [-0.39, 0.29) is 12.5 Å². The molecule has 1 aromatic heterocycles. The number of rotatable bonds is 7. The number of nitrogens with zero attached hydrogens (tertiary/aromatic N) is 2. The van der Waals surface area contributed by atoms with E-state index in [2.05, 4.69) is 10.4 Å². The van der Waals surface area contributed by atoms with Gasteiger partial charge in [0.15, 0.2) is 0 Å². The average Bonchev–Trinajstić information content (AvgIpc) is 2.61. The summed E-state index contributed by atoms with van der Waals surface area (Å²) >= 11 is 0. The molecule has 0 aliphatic heterocycles. The van der Waals surface area contributed by atoms with E-state index < -0.39 is 5.97 Å². The van der Waals surface area contributed by atoms with Gasteiger partial charge in [0.1, 0.15) is 0 Å². The Kier molecular flexibility index (Phi) is 4.50. The molecular weight excluding hydrogens is 210 g/mol. The number of carboxylic acids is 1. The van der Waals surface area contributed by atoms with Crippen LogP contribution in [0.5, 0.6) is 0 Å². The smallest absolute Gasteiger partial charge is 0.303 e. The molecule has 0 bridgehead atoms. The van der Waals surface area contributed by atoms with Crippen LogP contribution in [0.3, 0.4) is 0 Å². The van der Waals surface area contributed by atoms with E-state index in [1.165, 1.54) is 0 Å². The zero-order valence-electron chi connectivity index (χ0n) is 9.09. The maximum atomic E-state index is 10.4. The maximum absolute atomic E-state index is 10.4. The number of aryl methyl sites for hydroxylation is 1. The van der Waals surface area contributed by atoms with E-state index in [0.717, 1.165) is 5.69 Å². The van der Waals surface area contributed by atoms with Crippen molar-refractivity contribution in [2.75, 3.05) is 0 Å². The first-order valence-electron chi connectivity index (χ1n) is 5.02. The van der Waals surface area contributed by atoms with Crippen LogP contribution in [-0.2, 0) is 23.1 Å². The molecule has 6 heteroatoms. The average molecular weight is 225 g/mol. The summed E-state index contributed by atoms with van der Waals surface area (Å²) in [6.07, 6.45) is 3.32. The minimum absolute atomic E-state index is 0.0450. The van der Waals surface area contributed by atoms with Crippen LogP contribution in [0.4, 0.5) is 0 Å². The van der Waals surface area contributed by atoms with Crippen molar-refractivity contribution in [3.63, 3.8) is 0 Å². The first-order chi connectivity index (χ1) is 7.63. The zero-order chi connectivity index (χ0) is 12.0. The van der Waals surface area contributed by atoms with Gasteiger partial charge in [-0.2, -0.15) is 5.10 Å². The molecule has 1 unspecified atom stereocenters. The second-order valence-electron chi connectivity index (χ2n) is 3.56. The number of hydrogen-bond acceptors (Lipinski definition) is 3. The lowest BCUT2D eigenvalue weighted by Crippen LogP contribution is -2.31. The number of carboxylic acid groups (broad SMARTS) is 1. The Balaban J connectivity index is 2.53. The fraction of sp³-hybridized carbons (Fsp3) is 0.500. The summed E-state index contributed by atoms with van der Waals surface area (Å²) in [5.74, 6) is -0.859. The quantitative estimate of drug-likeness (QED) is 0.637. The van der Waals surface area contributed by atoms with Gasteiger partial charge in [-0.15, -0.1) is 0 Å². The molecule has 0 aliphatic carbocycles. The summed E-state index contributed by atoms with van der Waals surface area (Å²) in [7, 11) is 1.81. The normalized spacial score (nSPS) is 12.1. The van der Waals surface area contributed by atoms with Crippen LogP contribution >= 0.6 is 0 Å². The van der Waals surface area contributed by atoms with Crippen molar-refractivity contribution in [2.45, 2.75) is 25.3 Å². The van der Waals surface area contributed by atoms with E-state index in [1.54, 1.807) is 10.9 Å². The van der Waals surface area contributed by atoms with Crippen molar-refractivity contribution in [3.05, 3.63) is 18.0 Å². The zero-order valence-corrected chi connectivity index (χ0v) is 9.09. The Morgan fingerprint density at radius 3 is 3.00 bits per heavy atom. The Hall–Kier alpha value is -1.85. The highest BCUT2D eigenvalue weighted by molar-refractivity contribution is 5.66. The molecule has 16 heavy (non-hydrogen) atoms. The van der Waals surface area contributed by atoms with Crippen molar-refractivity contribution in [1.82, 2.24) is 15.1 Å². The molecule has 0 spiro atoms. The molecule has 0 radical (unpaired) electrons. The first-order valence-corrected chi connectivity index (χ1v) is 5.02. The van der Waals surface area contributed by atoms with Gasteiger partial charge in [0, 0.05) is 37.8 Å². The summed E-state index contributed by atoms with van der Waals surface area (Å²) in [6, 6.07) is 1.68. The Morgan fingerprint density at radius 1 is 1.75 bits per heavy atom. The molecule has 6 nitrogen and oxygen atoms in total. The molecule has 1 aromatic rings. The van der Waals surface area contributed by atoms with Crippen molar-refractivity contribution >= 4 is 12.4 Å². The van der Waals surface area contributed by atoms with E-state index in [9.17, 15) is 9.59 Å². The fourth-order valence-electron chi connectivity index (χ4n) is 1.49. The summed E-state index contributed by atoms with van der Waals surface area (Å²) < 4.78 is 1.71. The first kappa shape index (κ1) is 12.2. The number of carbonyl (C=O) groups excluding carboxylic acids is 1. The molecule has 0 saturated carbocycles. The van der Waals surface area contributed by atoms with Gasteiger partial charge in [0.2, 0.25) is 6.41 Å². The van der Waals surface area contributed by atoms with Gasteiger partial charge >= 0.3 is 5.97 Å². The van der Waals surface area contributed by atoms with Crippen LogP contribution in [0.2, 0.25) is 0 Å². The number of carbonyl (C=O) groups is 2. The highest BCUT2D eigenvalue weighted by atomic mass is 16.4. The molecule has 0 aromatic carbocycles. The second-order valence-corrected chi connectivity index (χ2v) is 3.56. The lowest BCUT2D eigenvalue weighted by molar-refractivity contribution is -0.137. The molecule has 1 rings (SSSR count). The van der Waals surface area contributed by atoms with Crippen molar-refractivity contribution in [2.24, 2.45) is 7.05 Å². The number of nitrogens with one attached hydrogen (secondary N) is 1. The SMILES string of the molecule is Cn1nccc1CC(CCC(=O)O)NC=O. The number of aliphatic carboxylic acids is 1. The predicted octanol–water partition coefficient (Wildman–Crippen LogP) is -0.0580. The van der Waals surface area contributed by atoms with Crippen LogP contribution in [0.15, 0.2) is 12.3 Å². The molecule has 2 N–H and O–H groups in total. The third-order valence-corrected chi connectivity index (χ3v) is 2.39. The Bertz CT molecular complexity index is 362. The van der Waals surface area contributed by atoms with Gasteiger partial charge in [-0.3, -0.25) is 14.3 Å². The van der Waals surface area contributed by atoms with Crippen LogP contribution in [0.25, 0.3) is 0 Å². The largest absolute Gasteiger partial charge is 0.481 e. The second kappa shape index (κ2) is 5.89. The number of aromatic nitrogens is 2. The van der Waals surface area contributed by atoms with Gasteiger partial charge in [-0.05, 0) is 12.5 Å². The molecule has 88 valence electrons. The Morgan fingerprint density at radius 2 is 2.50 bits per heavy atom. The third kappa shape index (κ3) is 3.72. The van der Waals surface area contributed by atoms with Crippen molar-refractivity contribution in [1.29, 1.82) is 0 Å². The standard InChI is InChI=1S/C10H15N3O3/c1-13-9(4-5-12-13)6-8(11-7-14)2-3-10(15)16/h4-5,7-8H,2-3,6H2,1H3,(H,11,14)(H,15,16). The molecular formula is C10H15N3O3. The molecule has 0 saturated heterocycles. The van der Waals surface area contributed by atoms with E-state index in [4.69, 9.17) is 5.11 Å². The van der Waals surface area contributed by atoms with Crippen LogP contribution in [0.1, 0.15) is 18.5 Å². The molecule has 1 heterocycles. The Labute approximate surface area is 93.3 Å². The lowest BCUT2D eigenvalue weighted by Gasteiger charge is -2.14. The van der Waals surface area contributed by atoms with Crippen LogP contribution in [0, 0.1) is 0 Å². The van der Waals surface area contributed by atoms with E-state index in [0.29, 0.717) is 19.3 Å². The van der Waals surface area contributed by atoms with E-state index in [1.807, 2.05) is 13.1 Å². The minimum Gasteiger partial charge on any atom is -0.481 e. The summed E-state index contributed by atoms with van der Waals surface area (Å²) in [5.41, 5.74) is 0.963. The van der Waals surface area contributed by atoms with E-state index >= 15 is 0 Å². The van der Waals surface area contributed by atoms with Crippen LogP contribution in [-0.4, -0.2) is 33.3 Å². The predicted molar refractivity (Wildman–Crippen MR) is 56.8 cm³/mol. The maximum Gasteiger partial charge on any atom is 0.303 e. The van der Waals surface area contributed by atoms with Gasteiger partial charge in [0.25, 0.3) is 0 Å². The fourth-order valence-corrected chi connectivity index (χ4v) is 1.49. The van der Waals surface area contributed by atoms with Gasteiger partial charge in [0.05, 0.1) is 0 Å². The molecule has 1 amide bonds. The molecule has 0 fully saturated rings. The summed E-state index contributed by atoms with van der Waals surface area (Å²) in [6.45, 7) is 0. The summed E-state index contributed by atoms with van der Waals surface area (Å²) in [5, 5.41) is 15.2. The van der Waals surface area contributed by atoms with Gasteiger partial charge < -0.3 is 10.4 Å².